The average Bonchev–Trinajstić information content (AvgIpc) is 3.47. The third-order valence-electron chi connectivity index (χ3n) is 5.32. The minimum Gasteiger partial charge on any atom is -0.497 e. The molecule has 0 radical (unpaired) electrons. The van der Waals surface area contributed by atoms with Gasteiger partial charge in [0.05, 0.1) is 25.7 Å². The first kappa shape index (κ1) is 22.5. The number of hydrogen-bond donors (Lipinski definition) is 0. The minimum atomic E-state index is -0.623. The first-order valence-electron chi connectivity index (χ1n) is 10.1. The molecule has 0 unspecified atom stereocenters. The molecule has 3 heterocycles. The van der Waals surface area contributed by atoms with E-state index < -0.39 is 17.1 Å². The maximum Gasteiger partial charge on any atom is 0.373 e. The molecule has 1 aliphatic rings. The fourth-order valence-corrected chi connectivity index (χ4v) is 4.50. The Bertz CT molecular complexity index is 1270. The summed E-state index contributed by atoms with van der Waals surface area (Å²) in [6.45, 7) is 3.88. The maximum absolute atomic E-state index is 12.9. The minimum absolute atomic E-state index is 0.0148. The Labute approximate surface area is 194 Å². The molecular formula is C24H22N2O6S. The molecule has 33 heavy (non-hydrogen) atoms. The van der Waals surface area contributed by atoms with Crippen molar-refractivity contribution in [2.75, 3.05) is 14.2 Å². The molecule has 4 rings (SSSR count). The van der Waals surface area contributed by atoms with Crippen molar-refractivity contribution < 1.29 is 28.3 Å². The lowest BCUT2D eigenvalue weighted by atomic mass is 10.2. The summed E-state index contributed by atoms with van der Waals surface area (Å²) < 4.78 is 17.3. The number of carbonyl (C=O) groups excluding carboxylic acids is 3. The summed E-state index contributed by atoms with van der Waals surface area (Å²) in [6.07, 6.45) is 1.73. The zero-order valence-corrected chi connectivity index (χ0v) is 19.4. The Morgan fingerprint density at radius 2 is 1.82 bits per heavy atom. The Kier molecular flexibility index (Phi) is 6.15. The monoisotopic (exact) mass is 466 g/mol. The lowest BCUT2D eigenvalue weighted by Gasteiger charge is -2.10. The first-order chi connectivity index (χ1) is 15.8. The van der Waals surface area contributed by atoms with E-state index in [4.69, 9.17) is 9.15 Å². The van der Waals surface area contributed by atoms with Crippen molar-refractivity contribution >= 4 is 35.0 Å². The van der Waals surface area contributed by atoms with E-state index in [2.05, 4.69) is 9.30 Å². The van der Waals surface area contributed by atoms with Gasteiger partial charge in [-0.2, -0.15) is 0 Å². The van der Waals surface area contributed by atoms with Gasteiger partial charge in [0.15, 0.2) is 0 Å². The van der Waals surface area contributed by atoms with Crippen LogP contribution < -0.4 is 4.74 Å². The number of imide groups is 1. The van der Waals surface area contributed by atoms with Crippen molar-refractivity contribution in [3.05, 3.63) is 75.8 Å². The molecule has 1 saturated heterocycles. The number of furan rings is 1. The molecule has 0 spiro atoms. The zero-order valence-electron chi connectivity index (χ0n) is 18.6. The highest BCUT2D eigenvalue weighted by Gasteiger charge is 2.36. The second-order valence-electron chi connectivity index (χ2n) is 7.39. The van der Waals surface area contributed by atoms with Gasteiger partial charge >= 0.3 is 5.97 Å². The Hall–Kier alpha value is -3.72. The number of rotatable bonds is 6. The van der Waals surface area contributed by atoms with E-state index in [9.17, 15) is 14.4 Å². The SMILES string of the molecule is COC(=O)c1ccc(CN2C(=O)S/C(=C/c3cc(C)n(-c4ccc(OC)cc4)c3C)C2=O)o1. The summed E-state index contributed by atoms with van der Waals surface area (Å²) in [5.74, 6) is 0.0702. The number of methoxy groups -OCH3 is 2. The van der Waals surface area contributed by atoms with Crippen LogP contribution in [0.4, 0.5) is 4.79 Å². The summed E-state index contributed by atoms with van der Waals surface area (Å²) in [5, 5.41) is -0.397. The molecule has 3 aromatic rings. The summed E-state index contributed by atoms with van der Waals surface area (Å²) in [5.41, 5.74) is 3.75. The molecule has 2 amide bonds. The average molecular weight is 467 g/mol. The standard InChI is InChI=1S/C24H22N2O6S/c1-14-11-16(15(2)26(14)17-5-7-18(30-3)8-6-17)12-21-22(27)25(24(29)33-21)13-19-9-10-20(32-19)23(28)31-4/h5-12H,13H2,1-4H3/b21-12+. The second kappa shape index (κ2) is 9.03. The molecule has 0 aliphatic carbocycles. The molecule has 0 bridgehead atoms. The van der Waals surface area contributed by atoms with E-state index in [0.29, 0.717) is 10.7 Å². The topological polar surface area (TPSA) is 91.0 Å². The third kappa shape index (κ3) is 4.31. The molecule has 170 valence electrons. The molecule has 2 aromatic heterocycles. The van der Waals surface area contributed by atoms with Gasteiger partial charge < -0.3 is 18.5 Å². The largest absolute Gasteiger partial charge is 0.497 e. The van der Waals surface area contributed by atoms with Crippen LogP contribution in [0.15, 0.2) is 51.8 Å². The lowest BCUT2D eigenvalue weighted by molar-refractivity contribution is -0.123. The number of esters is 1. The van der Waals surface area contributed by atoms with E-state index in [0.717, 1.165) is 45.1 Å². The fourth-order valence-electron chi connectivity index (χ4n) is 3.67. The van der Waals surface area contributed by atoms with Crippen molar-refractivity contribution in [3.8, 4) is 11.4 Å². The predicted octanol–water partition coefficient (Wildman–Crippen LogP) is 4.72. The van der Waals surface area contributed by atoms with Crippen LogP contribution in [0.5, 0.6) is 5.75 Å². The number of aryl methyl sites for hydroxylation is 1. The van der Waals surface area contributed by atoms with Gasteiger partial charge in [-0.15, -0.1) is 0 Å². The van der Waals surface area contributed by atoms with Crippen LogP contribution in [-0.2, 0) is 16.1 Å². The van der Waals surface area contributed by atoms with Crippen molar-refractivity contribution in [3.63, 3.8) is 0 Å². The number of hydrogen-bond acceptors (Lipinski definition) is 7. The number of amides is 2. The highest BCUT2D eigenvalue weighted by atomic mass is 32.2. The molecule has 9 heteroatoms. The molecule has 0 N–H and O–H groups in total. The summed E-state index contributed by atoms with van der Waals surface area (Å²) >= 11 is 0.878. The molecule has 1 aromatic carbocycles. The van der Waals surface area contributed by atoms with Crippen molar-refractivity contribution in [2.24, 2.45) is 0 Å². The fraction of sp³-hybridized carbons (Fsp3) is 0.208. The molecule has 0 saturated carbocycles. The molecular weight excluding hydrogens is 444 g/mol. The Morgan fingerprint density at radius 3 is 2.48 bits per heavy atom. The Balaban J connectivity index is 1.57. The summed E-state index contributed by atoms with van der Waals surface area (Å²) in [6, 6.07) is 12.7. The van der Waals surface area contributed by atoms with Crippen molar-refractivity contribution in [2.45, 2.75) is 20.4 Å². The van der Waals surface area contributed by atoms with Crippen LogP contribution in [0, 0.1) is 13.8 Å². The molecule has 1 fully saturated rings. The number of benzene rings is 1. The van der Waals surface area contributed by atoms with Gasteiger partial charge in [0.1, 0.15) is 11.5 Å². The van der Waals surface area contributed by atoms with Crippen LogP contribution in [0.3, 0.4) is 0 Å². The van der Waals surface area contributed by atoms with E-state index in [-0.39, 0.29) is 12.3 Å². The van der Waals surface area contributed by atoms with Crippen LogP contribution >= 0.6 is 11.8 Å². The summed E-state index contributed by atoms with van der Waals surface area (Å²) in [7, 11) is 2.87. The number of ether oxygens (including phenoxy) is 2. The second-order valence-corrected chi connectivity index (χ2v) is 8.38. The number of nitrogens with zero attached hydrogens (tertiary/aromatic N) is 2. The van der Waals surface area contributed by atoms with Gasteiger partial charge in [0.25, 0.3) is 11.1 Å². The number of thioether (sulfide) groups is 1. The molecule has 8 nitrogen and oxygen atoms in total. The lowest BCUT2D eigenvalue weighted by Crippen LogP contribution is -2.27. The van der Waals surface area contributed by atoms with Crippen LogP contribution in [-0.4, -0.2) is 40.8 Å². The normalized spacial score (nSPS) is 14.9. The summed E-state index contributed by atoms with van der Waals surface area (Å²) in [4.78, 5) is 38.4. The number of carbonyl (C=O) groups is 3. The smallest absolute Gasteiger partial charge is 0.373 e. The molecule has 1 aliphatic heterocycles. The van der Waals surface area contributed by atoms with Gasteiger partial charge in [0.2, 0.25) is 5.76 Å². The van der Waals surface area contributed by atoms with Crippen LogP contribution in [0.1, 0.15) is 33.3 Å². The van der Waals surface area contributed by atoms with Crippen molar-refractivity contribution in [1.82, 2.24) is 9.47 Å². The van der Waals surface area contributed by atoms with E-state index in [1.807, 2.05) is 44.2 Å². The van der Waals surface area contributed by atoms with Gasteiger partial charge in [-0.05, 0) is 79.7 Å². The maximum atomic E-state index is 12.9. The third-order valence-corrected chi connectivity index (χ3v) is 6.23. The first-order valence-corrected chi connectivity index (χ1v) is 10.9. The van der Waals surface area contributed by atoms with Crippen molar-refractivity contribution in [1.29, 1.82) is 0 Å². The van der Waals surface area contributed by atoms with Crippen LogP contribution in [0.25, 0.3) is 11.8 Å². The quantitative estimate of drug-likeness (QED) is 0.383. The van der Waals surface area contributed by atoms with Gasteiger partial charge in [0, 0.05) is 17.1 Å². The van der Waals surface area contributed by atoms with Gasteiger partial charge in [-0.3, -0.25) is 14.5 Å². The van der Waals surface area contributed by atoms with Crippen LogP contribution in [0.2, 0.25) is 0 Å². The van der Waals surface area contributed by atoms with E-state index in [1.165, 1.54) is 13.2 Å². The van der Waals surface area contributed by atoms with Gasteiger partial charge in [-0.25, -0.2) is 4.79 Å². The highest BCUT2D eigenvalue weighted by molar-refractivity contribution is 8.18. The zero-order chi connectivity index (χ0) is 23.7. The molecule has 0 atom stereocenters. The number of aromatic nitrogens is 1. The predicted molar refractivity (Wildman–Crippen MR) is 123 cm³/mol. The van der Waals surface area contributed by atoms with E-state index >= 15 is 0 Å². The highest BCUT2D eigenvalue weighted by Crippen LogP contribution is 2.35. The Morgan fingerprint density at radius 1 is 1.09 bits per heavy atom. The van der Waals surface area contributed by atoms with Gasteiger partial charge in [-0.1, -0.05) is 0 Å². The van der Waals surface area contributed by atoms with E-state index in [1.54, 1.807) is 19.3 Å².